The van der Waals surface area contributed by atoms with Crippen LogP contribution in [-0.2, 0) is 4.79 Å². The predicted octanol–water partition coefficient (Wildman–Crippen LogP) is 0.0775. The van der Waals surface area contributed by atoms with Crippen LogP contribution in [0.4, 0.5) is 0 Å². The van der Waals surface area contributed by atoms with Crippen molar-refractivity contribution in [3.8, 4) is 6.19 Å². The Bertz CT molecular complexity index is 437. The minimum atomic E-state index is -0.677. The number of nitrogens with zero attached hydrogens (tertiary/aromatic N) is 1. The van der Waals surface area contributed by atoms with Gasteiger partial charge in [0.1, 0.15) is 0 Å². The number of amides is 1. The Morgan fingerprint density at radius 1 is 1.27 bits per heavy atom. The Balaban J connectivity index is 4.15. The number of carbonyl (C=O) groups is 1. The topological polar surface area (TPSA) is 115 Å². The third kappa shape index (κ3) is 8.59. The zero-order chi connectivity index (χ0) is 17.0. The number of thiocarbonyl (C=S) groups is 2. The fourth-order valence-corrected chi connectivity index (χ4v) is 2.15. The molecule has 1 atom stereocenters. The van der Waals surface area contributed by atoms with E-state index >= 15 is 0 Å². The maximum atomic E-state index is 12.0. The molecule has 1 unspecified atom stereocenters. The first-order chi connectivity index (χ1) is 10.4. The van der Waals surface area contributed by atoms with Gasteiger partial charge in [-0.05, 0) is 44.2 Å². The van der Waals surface area contributed by atoms with Gasteiger partial charge in [-0.3, -0.25) is 10.1 Å². The lowest BCUT2D eigenvalue weighted by atomic mass is 9.84. The smallest absolute Gasteiger partial charge is 0.240 e. The van der Waals surface area contributed by atoms with Gasteiger partial charge in [-0.25, -0.2) is 0 Å². The van der Waals surface area contributed by atoms with Gasteiger partial charge in [0, 0.05) is 19.6 Å². The third-order valence-corrected chi connectivity index (χ3v) is 3.53. The molecule has 0 fully saturated rings. The van der Waals surface area contributed by atoms with Crippen molar-refractivity contribution in [2.24, 2.45) is 11.1 Å². The molecule has 22 heavy (non-hydrogen) atoms. The molecule has 0 spiro atoms. The summed E-state index contributed by atoms with van der Waals surface area (Å²) in [6, 6.07) is 0. The van der Waals surface area contributed by atoms with E-state index in [9.17, 15) is 4.79 Å². The molecule has 124 valence electrons. The van der Waals surface area contributed by atoms with Gasteiger partial charge in [0.15, 0.2) is 16.4 Å². The Morgan fingerprint density at radius 2 is 1.91 bits per heavy atom. The van der Waals surface area contributed by atoms with E-state index in [4.69, 9.17) is 35.4 Å². The maximum Gasteiger partial charge on any atom is 0.240 e. The highest BCUT2D eigenvalue weighted by molar-refractivity contribution is 7.80. The molecule has 9 heteroatoms. The van der Waals surface area contributed by atoms with Gasteiger partial charge >= 0.3 is 0 Å². The van der Waals surface area contributed by atoms with Gasteiger partial charge in [0.05, 0.1) is 5.41 Å². The van der Waals surface area contributed by atoms with Crippen molar-refractivity contribution in [2.75, 3.05) is 19.6 Å². The number of nitrogens with one attached hydrogen (secondary N) is 4. The first-order valence-electron chi connectivity index (χ1n) is 7.10. The minimum absolute atomic E-state index is 0.277. The zero-order valence-corrected chi connectivity index (χ0v) is 14.6. The first-order valence-corrected chi connectivity index (χ1v) is 7.92. The van der Waals surface area contributed by atoms with Crippen LogP contribution in [0.15, 0.2) is 0 Å². The summed E-state index contributed by atoms with van der Waals surface area (Å²) in [5, 5.41) is 20.4. The van der Waals surface area contributed by atoms with Crippen LogP contribution in [0.1, 0.15) is 33.1 Å². The predicted molar refractivity (Wildman–Crippen MR) is 94.8 cm³/mol. The van der Waals surface area contributed by atoms with E-state index in [1.165, 1.54) is 0 Å². The molecule has 1 amide bonds. The largest absolute Gasteiger partial charge is 0.376 e. The van der Waals surface area contributed by atoms with Crippen molar-refractivity contribution >= 4 is 40.6 Å². The molecule has 0 saturated carbocycles. The molecule has 0 aliphatic heterocycles. The van der Waals surface area contributed by atoms with Crippen LogP contribution in [0, 0.1) is 16.9 Å². The highest BCUT2D eigenvalue weighted by Crippen LogP contribution is 2.22. The normalized spacial score (nSPS) is 12.4. The number of nitriles is 1. The van der Waals surface area contributed by atoms with E-state index in [0.29, 0.717) is 31.2 Å². The third-order valence-electron chi connectivity index (χ3n) is 3.10. The molecule has 0 rings (SSSR count). The maximum absolute atomic E-state index is 12.0. The lowest BCUT2D eigenvalue weighted by Gasteiger charge is -2.27. The van der Waals surface area contributed by atoms with E-state index in [-0.39, 0.29) is 11.0 Å². The lowest BCUT2D eigenvalue weighted by Crippen LogP contribution is -2.48. The second-order valence-corrected chi connectivity index (χ2v) is 5.98. The molecule has 0 heterocycles. The van der Waals surface area contributed by atoms with E-state index in [2.05, 4.69) is 21.3 Å². The van der Waals surface area contributed by atoms with Crippen LogP contribution in [0.5, 0.6) is 0 Å². The number of nitrogens with two attached hydrogens (primary N) is 1. The number of carbonyl (C=O) groups excluding carboxylic acids is 1. The van der Waals surface area contributed by atoms with Crippen molar-refractivity contribution in [3.05, 3.63) is 0 Å². The Morgan fingerprint density at radius 3 is 2.45 bits per heavy atom. The summed E-state index contributed by atoms with van der Waals surface area (Å²) in [5.41, 5.74) is 4.64. The number of hydrogen-bond donors (Lipinski definition) is 5. The molecule has 0 aliphatic rings. The molecule has 7 nitrogen and oxygen atoms in total. The molecule has 0 aromatic heterocycles. The standard InChI is InChI=1S/C13H24N6OS2/c1-3-5-13(2,10(20)19-9-14)8-18-12(22)17-7-4-6-16-11(15)21/h3-8H2,1-2H3,(H,19,20)(H3,15,16,21)(H2,17,18,22). The van der Waals surface area contributed by atoms with Gasteiger partial charge in [0.25, 0.3) is 0 Å². The van der Waals surface area contributed by atoms with Crippen LogP contribution < -0.4 is 27.0 Å². The van der Waals surface area contributed by atoms with E-state index in [1.807, 2.05) is 13.8 Å². The Kier molecular flexibility index (Phi) is 10.2. The van der Waals surface area contributed by atoms with Gasteiger partial charge < -0.3 is 21.7 Å². The summed E-state index contributed by atoms with van der Waals surface area (Å²) < 4.78 is 0. The van der Waals surface area contributed by atoms with Crippen LogP contribution >= 0.6 is 24.4 Å². The summed E-state index contributed by atoms with van der Waals surface area (Å²) in [6.07, 6.45) is 3.97. The molecule has 0 saturated heterocycles. The van der Waals surface area contributed by atoms with Crippen molar-refractivity contribution in [1.82, 2.24) is 21.3 Å². The molecular formula is C13H24N6OS2. The van der Waals surface area contributed by atoms with Crippen LogP contribution in [0.25, 0.3) is 0 Å². The van der Waals surface area contributed by atoms with Gasteiger partial charge in [-0.1, -0.05) is 13.3 Å². The summed E-state index contributed by atoms with van der Waals surface area (Å²) in [5.74, 6) is -0.298. The van der Waals surface area contributed by atoms with E-state index in [1.54, 1.807) is 6.19 Å². The molecule has 0 bridgehead atoms. The fourth-order valence-electron chi connectivity index (χ4n) is 1.88. The van der Waals surface area contributed by atoms with Gasteiger partial charge in [0.2, 0.25) is 5.91 Å². The number of rotatable bonds is 9. The second kappa shape index (κ2) is 11.0. The molecule has 6 N–H and O–H groups in total. The quantitative estimate of drug-likeness (QED) is 0.173. The molecule has 0 aliphatic carbocycles. The Hall–Kier alpha value is -1.66. The van der Waals surface area contributed by atoms with Gasteiger partial charge in [-0.15, -0.1) is 0 Å². The van der Waals surface area contributed by atoms with Crippen molar-refractivity contribution in [1.29, 1.82) is 5.26 Å². The molecule has 0 aromatic rings. The van der Waals surface area contributed by atoms with Crippen LogP contribution in [0.3, 0.4) is 0 Å². The summed E-state index contributed by atoms with van der Waals surface area (Å²) in [7, 11) is 0. The summed E-state index contributed by atoms with van der Waals surface area (Å²) >= 11 is 9.87. The average molecular weight is 345 g/mol. The van der Waals surface area contributed by atoms with Crippen LogP contribution in [0.2, 0.25) is 0 Å². The van der Waals surface area contributed by atoms with Crippen molar-refractivity contribution in [2.45, 2.75) is 33.1 Å². The SMILES string of the molecule is CCCC(C)(CNC(=S)NCCCNC(N)=S)C(=O)NC#N. The molecule has 0 aromatic carbocycles. The Labute approximate surface area is 142 Å². The van der Waals surface area contributed by atoms with Crippen molar-refractivity contribution in [3.63, 3.8) is 0 Å². The van der Waals surface area contributed by atoms with Gasteiger partial charge in [-0.2, -0.15) is 5.26 Å². The van der Waals surface area contributed by atoms with Crippen molar-refractivity contribution < 1.29 is 4.79 Å². The van der Waals surface area contributed by atoms with Crippen LogP contribution in [-0.4, -0.2) is 35.8 Å². The number of hydrogen-bond acceptors (Lipinski definition) is 4. The average Bonchev–Trinajstić information content (AvgIpc) is 2.45. The highest BCUT2D eigenvalue weighted by Gasteiger charge is 2.32. The monoisotopic (exact) mass is 344 g/mol. The van der Waals surface area contributed by atoms with E-state index in [0.717, 1.165) is 12.8 Å². The fraction of sp³-hybridized carbons (Fsp3) is 0.692. The zero-order valence-electron chi connectivity index (χ0n) is 13.0. The lowest BCUT2D eigenvalue weighted by molar-refractivity contribution is -0.129. The summed E-state index contributed by atoms with van der Waals surface area (Å²) in [4.78, 5) is 12.0. The minimum Gasteiger partial charge on any atom is -0.376 e. The second-order valence-electron chi connectivity index (χ2n) is 5.13. The molecular weight excluding hydrogens is 320 g/mol. The molecule has 0 radical (unpaired) electrons. The first kappa shape index (κ1) is 20.3. The summed E-state index contributed by atoms with van der Waals surface area (Å²) in [6.45, 7) is 5.50. The van der Waals surface area contributed by atoms with E-state index < -0.39 is 5.41 Å². The highest BCUT2D eigenvalue weighted by atomic mass is 32.1.